The first-order chi connectivity index (χ1) is 10.5. The monoisotopic (exact) mass is 302 g/mol. The van der Waals surface area contributed by atoms with E-state index in [-0.39, 0.29) is 17.1 Å². The maximum atomic E-state index is 11.5. The van der Waals surface area contributed by atoms with Crippen molar-refractivity contribution in [3.8, 4) is 0 Å². The molecule has 1 saturated heterocycles. The van der Waals surface area contributed by atoms with Crippen LogP contribution in [0.5, 0.6) is 0 Å². The molecule has 1 heterocycles. The van der Waals surface area contributed by atoms with E-state index in [1.807, 2.05) is 4.90 Å². The number of nitrogens with zero attached hydrogens (tertiary/aromatic N) is 3. The standard InChI is InChI=1S/C14H14N4O4/c15-11-12(14(20)13(11)19)17-7-5-16(6-8-17)9-3-1-2-4-10(9)18(21)22/h1-4H,5-8,15H2. The van der Waals surface area contributed by atoms with Gasteiger partial charge in [0.05, 0.1) is 4.92 Å². The van der Waals surface area contributed by atoms with E-state index in [4.69, 9.17) is 5.73 Å². The third-order valence-corrected chi connectivity index (χ3v) is 3.94. The number of nitrogen functional groups attached to an aromatic ring is 1. The average molecular weight is 302 g/mol. The van der Waals surface area contributed by atoms with Gasteiger partial charge in [0.1, 0.15) is 17.1 Å². The van der Waals surface area contributed by atoms with Crippen molar-refractivity contribution in [3.05, 3.63) is 54.8 Å². The minimum absolute atomic E-state index is 0.0177. The van der Waals surface area contributed by atoms with Crippen molar-refractivity contribution in [2.24, 2.45) is 0 Å². The highest BCUT2D eigenvalue weighted by Crippen LogP contribution is 2.29. The molecule has 114 valence electrons. The lowest BCUT2D eigenvalue weighted by molar-refractivity contribution is -0.384. The molecule has 1 aliphatic heterocycles. The molecule has 2 N–H and O–H groups in total. The first-order valence-electron chi connectivity index (χ1n) is 6.83. The van der Waals surface area contributed by atoms with Crippen LogP contribution >= 0.6 is 0 Å². The van der Waals surface area contributed by atoms with Crippen LogP contribution in [0.15, 0.2) is 33.9 Å². The number of benzene rings is 1. The molecule has 1 fully saturated rings. The van der Waals surface area contributed by atoms with E-state index in [1.165, 1.54) is 6.07 Å². The van der Waals surface area contributed by atoms with E-state index in [9.17, 15) is 19.7 Å². The number of nitrogens with two attached hydrogens (primary N) is 1. The number of nitro benzene ring substituents is 1. The Morgan fingerprint density at radius 1 is 1.00 bits per heavy atom. The van der Waals surface area contributed by atoms with Crippen molar-refractivity contribution < 1.29 is 4.92 Å². The zero-order valence-electron chi connectivity index (χ0n) is 11.7. The van der Waals surface area contributed by atoms with Gasteiger partial charge in [-0.05, 0) is 6.07 Å². The molecule has 0 saturated carbocycles. The smallest absolute Gasteiger partial charge is 0.292 e. The second-order valence-electron chi connectivity index (χ2n) is 5.14. The third kappa shape index (κ3) is 2.09. The van der Waals surface area contributed by atoms with Gasteiger partial charge in [-0.3, -0.25) is 19.7 Å². The first-order valence-corrected chi connectivity index (χ1v) is 6.83. The Labute approximate surface area is 125 Å². The molecule has 8 nitrogen and oxygen atoms in total. The van der Waals surface area contributed by atoms with Crippen LogP contribution in [-0.4, -0.2) is 31.1 Å². The van der Waals surface area contributed by atoms with E-state index in [1.54, 1.807) is 23.1 Å². The fourth-order valence-corrected chi connectivity index (χ4v) is 2.77. The van der Waals surface area contributed by atoms with Crippen LogP contribution in [-0.2, 0) is 0 Å². The molecule has 22 heavy (non-hydrogen) atoms. The minimum atomic E-state index is -0.629. The van der Waals surface area contributed by atoms with Crippen molar-refractivity contribution >= 4 is 22.7 Å². The molecule has 0 atom stereocenters. The molecule has 0 unspecified atom stereocenters. The maximum Gasteiger partial charge on any atom is 0.292 e. The van der Waals surface area contributed by atoms with Crippen molar-refractivity contribution in [2.45, 2.75) is 0 Å². The highest BCUT2D eigenvalue weighted by Gasteiger charge is 2.28. The summed E-state index contributed by atoms with van der Waals surface area (Å²) in [6.07, 6.45) is 0. The summed E-state index contributed by atoms with van der Waals surface area (Å²) in [6, 6.07) is 6.56. The van der Waals surface area contributed by atoms with Crippen molar-refractivity contribution in [3.63, 3.8) is 0 Å². The van der Waals surface area contributed by atoms with Crippen LogP contribution in [0.2, 0.25) is 0 Å². The zero-order valence-corrected chi connectivity index (χ0v) is 11.7. The zero-order chi connectivity index (χ0) is 15.9. The third-order valence-electron chi connectivity index (χ3n) is 3.94. The number of hydrogen-bond acceptors (Lipinski definition) is 7. The van der Waals surface area contributed by atoms with Gasteiger partial charge in [0.15, 0.2) is 0 Å². The highest BCUT2D eigenvalue weighted by atomic mass is 16.6. The topological polar surface area (TPSA) is 110 Å². The van der Waals surface area contributed by atoms with E-state index >= 15 is 0 Å². The van der Waals surface area contributed by atoms with E-state index in [0.717, 1.165) is 0 Å². The predicted octanol–water partition coefficient (Wildman–Crippen LogP) is 0.0996. The van der Waals surface area contributed by atoms with Crippen molar-refractivity contribution in [1.82, 2.24) is 0 Å². The molecule has 0 aliphatic carbocycles. The minimum Gasteiger partial charge on any atom is -0.394 e. The van der Waals surface area contributed by atoms with Crippen LogP contribution in [0, 0.1) is 10.1 Å². The molecule has 2 aromatic carbocycles. The summed E-state index contributed by atoms with van der Waals surface area (Å²) < 4.78 is 0. The summed E-state index contributed by atoms with van der Waals surface area (Å²) in [5.74, 6) is 0. The van der Waals surface area contributed by atoms with Crippen LogP contribution in [0.3, 0.4) is 0 Å². The molecule has 0 spiro atoms. The van der Waals surface area contributed by atoms with E-state index in [2.05, 4.69) is 0 Å². The second kappa shape index (κ2) is 5.14. The van der Waals surface area contributed by atoms with Gasteiger partial charge in [0.2, 0.25) is 0 Å². The molecule has 0 amide bonds. The van der Waals surface area contributed by atoms with Crippen LogP contribution in [0.1, 0.15) is 0 Å². The van der Waals surface area contributed by atoms with Gasteiger partial charge in [-0.25, -0.2) is 0 Å². The molecule has 8 heteroatoms. The summed E-state index contributed by atoms with van der Waals surface area (Å²) in [4.78, 5) is 37.0. The van der Waals surface area contributed by atoms with Gasteiger partial charge in [-0.2, -0.15) is 0 Å². The number of anilines is 3. The normalized spacial score (nSPS) is 15.3. The molecule has 0 radical (unpaired) electrons. The molecular formula is C14H14N4O4. The van der Waals surface area contributed by atoms with Crippen molar-refractivity contribution in [2.75, 3.05) is 41.7 Å². The Morgan fingerprint density at radius 2 is 1.59 bits per heavy atom. The molecule has 1 aliphatic rings. The SMILES string of the molecule is Nc1c(N2CCN(c3ccccc3[N+](=O)[O-])CC2)c(=O)c1=O. The molecule has 0 aromatic heterocycles. The Bertz CT molecular complexity index is 801. The molecule has 2 aromatic rings. The second-order valence-corrected chi connectivity index (χ2v) is 5.14. The van der Waals surface area contributed by atoms with Crippen LogP contribution in [0.4, 0.5) is 22.7 Å². The fourth-order valence-electron chi connectivity index (χ4n) is 2.77. The Morgan fingerprint density at radius 3 is 2.18 bits per heavy atom. The number of hydrogen-bond donors (Lipinski definition) is 1. The van der Waals surface area contributed by atoms with Crippen molar-refractivity contribution in [1.29, 1.82) is 0 Å². The summed E-state index contributed by atoms with van der Waals surface area (Å²) in [5, 5.41) is 11.1. The number of rotatable bonds is 3. The Kier molecular flexibility index (Phi) is 3.28. The lowest BCUT2D eigenvalue weighted by Gasteiger charge is -2.37. The number of piperazine rings is 1. The molecular weight excluding hydrogens is 288 g/mol. The lowest BCUT2D eigenvalue weighted by Crippen LogP contribution is -2.51. The molecule has 0 bridgehead atoms. The predicted molar refractivity (Wildman–Crippen MR) is 83.3 cm³/mol. The fraction of sp³-hybridized carbons (Fsp3) is 0.286. The average Bonchev–Trinajstić information content (AvgIpc) is 2.55. The van der Waals surface area contributed by atoms with Gasteiger partial charge in [-0.1, -0.05) is 12.1 Å². The van der Waals surface area contributed by atoms with Crippen LogP contribution < -0.4 is 26.4 Å². The van der Waals surface area contributed by atoms with E-state index < -0.39 is 15.8 Å². The first kappa shape index (κ1) is 14.1. The summed E-state index contributed by atoms with van der Waals surface area (Å²) in [6.45, 7) is 2.01. The Hall–Kier alpha value is -2.90. The lowest BCUT2D eigenvalue weighted by atomic mass is 10.1. The van der Waals surface area contributed by atoms with Gasteiger partial charge in [0.25, 0.3) is 16.5 Å². The Balaban J connectivity index is 1.77. The maximum absolute atomic E-state index is 11.5. The van der Waals surface area contributed by atoms with E-state index in [0.29, 0.717) is 31.9 Å². The van der Waals surface area contributed by atoms with Crippen LogP contribution in [0.25, 0.3) is 0 Å². The van der Waals surface area contributed by atoms with Gasteiger partial charge in [0, 0.05) is 32.2 Å². The summed E-state index contributed by atoms with van der Waals surface area (Å²) in [5.41, 5.74) is 5.31. The van der Waals surface area contributed by atoms with Gasteiger partial charge in [-0.15, -0.1) is 0 Å². The quantitative estimate of drug-likeness (QED) is 0.486. The summed E-state index contributed by atoms with van der Waals surface area (Å²) >= 11 is 0. The highest BCUT2D eigenvalue weighted by molar-refractivity contribution is 5.73. The number of nitro groups is 1. The van der Waals surface area contributed by atoms with Gasteiger partial charge < -0.3 is 15.5 Å². The summed E-state index contributed by atoms with van der Waals surface area (Å²) in [7, 11) is 0. The van der Waals surface area contributed by atoms with Gasteiger partial charge >= 0.3 is 0 Å². The molecule has 3 rings (SSSR count). The number of para-hydroxylation sites is 2. The largest absolute Gasteiger partial charge is 0.394 e.